The van der Waals surface area contributed by atoms with Crippen LogP contribution in [0.5, 0.6) is 0 Å². The molecule has 2 rings (SSSR count). The Bertz CT molecular complexity index is 572. The molecule has 0 saturated carbocycles. The maximum Gasteiger partial charge on any atom is 0.128 e. The molecule has 0 radical (unpaired) electrons. The molecule has 0 aliphatic heterocycles. The van der Waals surface area contributed by atoms with Crippen molar-refractivity contribution in [2.24, 2.45) is 0 Å². The Kier molecular flexibility index (Phi) is 4.12. The standard InChI is InChI=1S/C15H17FN2O/c1-11-13(10-19)7-8-15(17-11)18(2)9-12-5-3-4-6-14(12)16/h3-8,19H,9-10H2,1-2H3. The van der Waals surface area contributed by atoms with Gasteiger partial charge in [0.2, 0.25) is 0 Å². The molecule has 1 aromatic heterocycles. The molecule has 0 saturated heterocycles. The van der Waals surface area contributed by atoms with Crippen LogP contribution in [0, 0.1) is 12.7 Å². The summed E-state index contributed by atoms with van der Waals surface area (Å²) in [6.07, 6.45) is 0. The lowest BCUT2D eigenvalue weighted by Crippen LogP contribution is -2.19. The minimum absolute atomic E-state index is 0.0177. The van der Waals surface area contributed by atoms with E-state index >= 15 is 0 Å². The molecular formula is C15H17FN2O. The van der Waals surface area contributed by atoms with Crippen molar-refractivity contribution in [3.8, 4) is 0 Å². The Morgan fingerprint density at radius 1 is 1.16 bits per heavy atom. The molecule has 1 heterocycles. The quantitative estimate of drug-likeness (QED) is 0.918. The van der Waals surface area contributed by atoms with Gasteiger partial charge < -0.3 is 10.0 Å². The van der Waals surface area contributed by atoms with Crippen molar-refractivity contribution in [3.05, 3.63) is 59.0 Å². The minimum Gasteiger partial charge on any atom is -0.392 e. The van der Waals surface area contributed by atoms with Crippen molar-refractivity contribution < 1.29 is 9.50 Å². The lowest BCUT2D eigenvalue weighted by molar-refractivity contribution is 0.280. The van der Waals surface area contributed by atoms with E-state index in [1.807, 2.05) is 37.1 Å². The summed E-state index contributed by atoms with van der Waals surface area (Å²) in [5.41, 5.74) is 2.24. The summed E-state index contributed by atoms with van der Waals surface area (Å²) in [5.74, 6) is 0.552. The van der Waals surface area contributed by atoms with Crippen LogP contribution in [0.15, 0.2) is 36.4 Å². The number of pyridine rings is 1. The second kappa shape index (κ2) is 5.80. The first-order valence-corrected chi connectivity index (χ1v) is 6.13. The Morgan fingerprint density at radius 3 is 2.53 bits per heavy atom. The Balaban J connectivity index is 2.18. The van der Waals surface area contributed by atoms with E-state index in [-0.39, 0.29) is 12.4 Å². The molecule has 0 bridgehead atoms. The fourth-order valence-electron chi connectivity index (χ4n) is 1.92. The minimum atomic E-state index is -0.210. The summed E-state index contributed by atoms with van der Waals surface area (Å²) in [6, 6.07) is 10.4. The summed E-state index contributed by atoms with van der Waals surface area (Å²) in [7, 11) is 1.87. The van der Waals surface area contributed by atoms with E-state index in [4.69, 9.17) is 5.11 Å². The van der Waals surface area contributed by atoms with Gasteiger partial charge in [-0.05, 0) is 24.6 Å². The molecule has 0 spiro atoms. The predicted octanol–water partition coefficient (Wildman–Crippen LogP) is 2.66. The number of benzene rings is 1. The molecule has 19 heavy (non-hydrogen) atoms. The van der Waals surface area contributed by atoms with Crippen LogP contribution in [0.25, 0.3) is 0 Å². The molecule has 0 aliphatic rings. The van der Waals surface area contributed by atoms with Gasteiger partial charge >= 0.3 is 0 Å². The van der Waals surface area contributed by atoms with Crippen molar-refractivity contribution in [1.29, 1.82) is 0 Å². The highest BCUT2D eigenvalue weighted by atomic mass is 19.1. The van der Waals surface area contributed by atoms with Crippen molar-refractivity contribution in [1.82, 2.24) is 4.98 Å². The third-order valence-corrected chi connectivity index (χ3v) is 3.11. The van der Waals surface area contributed by atoms with Crippen LogP contribution in [0.1, 0.15) is 16.8 Å². The molecule has 1 N–H and O–H groups in total. The average Bonchev–Trinajstić information content (AvgIpc) is 2.41. The Labute approximate surface area is 112 Å². The van der Waals surface area contributed by atoms with Gasteiger partial charge in [0.1, 0.15) is 11.6 Å². The van der Waals surface area contributed by atoms with E-state index in [1.54, 1.807) is 12.1 Å². The zero-order chi connectivity index (χ0) is 13.8. The van der Waals surface area contributed by atoms with Crippen molar-refractivity contribution in [2.75, 3.05) is 11.9 Å². The highest BCUT2D eigenvalue weighted by Gasteiger charge is 2.08. The number of aliphatic hydroxyl groups is 1. The molecule has 0 aliphatic carbocycles. The van der Waals surface area contributed by atoms with E-state index in [9.17, 15) is 4.39 Å². The van der Waals surface area contributed by atoms with Crippen LogP contribution in [0.4, 0.5) is 10.2 Å². The average molecular weight is 260 g/mol. The summed E-state index contributed by atoms with van der Waals surface area (Å²) in [5, 5.41) is 9.12. The fourth-order valence-corrected chi connectivity index (χ4v) is 1.92. The van der Waals surface area contributed by atoms with Crippen molar-refractivity contribution in [3.63, 3.8) is 0 Å². The van der Waals surface area contributed by atoms with Crippen molar-refractivity contribution >= 4 is 5.82 Å². The smallest absolute Gasteiger partial charge is 0.128 e. The van der Waals surface area contributed by atoms with Crippen LogP contribution in [-0.4, -0.2) is 17.1 Å². The molecule has 3 nitrogen and oxygen atoms in total. The van der Waals surface area contributed by atoms with E-state index in [0.29, 0.717) is 12.1 Å². The first-order valence-electron chi connectivity index (χ1n) is 6.13. The maximum absolute atomic E-state index is 13.6. The number of rotatable bonds is 4. The highest BCUT2D eigenvalue weighted by molar-refractivity contribution is 5.41. The summed E-state index contributed by atoms with van der Waals surface area (Å²) in [6.45, 7) is 2.29. The largest absolute Gasteiger partial charge is 0.392 e. The second-order valence-electron chi connectivity index (χ2n) is 4.52. The van der Waals surface area contributed by atoms with E-state index in [1.165, 1.54) is 6.07 Å². The number of aliphatic hydroxyl groups excluding tert-OH is 1. The monoisotopic (exact) mass is 260 g/mol. The fraction of sp³-hybridized carbons (Fsp3) is 0.267. The first kappa shape index (κ1) is 13.5. The van der Waals surface area contributed by atoms with E-state index in [0.717, 1.165) is 17.1 Å². The molecule has 0 fully saturated rings. The number of hydrogen-bond donors (Lipinski definition) is 1. The third kappa shape index (κ3) is 3.09. The van der Waals surface area contributed by atoms with Crippen LogP contribution in [-0.2, 0) is 13.2 Å². The third-order valence-electron chi connectivity index (χ3n) is 3.11. The van der Waals surface area contributed by atoms with Crippen LogP contribution >= 0.6 is 0 Å². The van der Waals surface area contributed by atoms with Gasteiger partial charge in [-0.25, -0.2) is 9.37 Å². The lowest BCUT2D eigenvalue weighted by Gasteiger charge is -2.19. The van der Waals surface area contributed by atoms with Gasteiger partial charge in [-0.1, -0.05) is 24.3 Å². The topological polar surface area (TPSA) is 36.4 Å². The molecule has 0 atom stereocenters. The van der Waals surface area contributed by atoms with Gasteiger partial charge in [-0.2, -0.15) is 0 Å². The Morgan fingerprint density at radius 2 is 1.89 bits per heavy atom. The molecule has 2 aromatic rings. The van der Waals surface area contributed by atoms with Gasteiger partial charge in [-0.15, -0.1) is 0 Å². The molecule has 4 heteroatoms. The number of hydrogen-bond acceptors (Lipinski definition) is 3. The van der Waals surface area contributed by atoms with E-state index in [2.05, 4.69) is 4.98 Å². The predicted molar refractivity (Wildman–Crippen MR) is 73.4 cm³/mol. The normalized spacial score (nSPS) is 10.5. The van der Waals surface area contributed by atoms with Crippen LogP contribution in [0.2, 0.25) is 0 Å². The zero-order valence-electron chi connectivity index (χ0n) is 11.1. The molecule has 0 amide bonds. The van der Waals surface area contributed by atoms with Gasteiger partial charge in [-0.3, -0.25) is 0 Å². The molecule has 100 valence electrons. The van der Waals surface area contributed by atoms with Gasteiger partial charge in [0.05, 0.1) is 6.61 Å². The highest BCUT2D eigenvalue weighted by Crippen LogP contribution is 2.17. The molecule has 0 unspecified atom stereocenters. The SMILES string of the molecule is Cc1nc(N(C)Cc2ccccc2F)ccc1CO. The van der Waals surface area contributed by atoms with E-state index < -0.39 is 0 Å². The first-order chi connectivity index (χ1) is 9.11. The number of anilines is 1. The van der Waals surface area contributed by atoms with Crippen LogP contribution < -0.4 is 4.90 Å². The maximum atomic E-state index is 13.6. The molecule has 1 aromatic carbocycles. The van der Waals surface area contributed by atoms with Crippen molar-refractivity contribution in [2.45, 2.75) is 20.1 Å². The lowest BCUT2D eigenvalue weighted by atomic mass is 10.2. The number of aryl methyl sites for hydroxylation is 1. The number of halogens is 1. The molecular weight excluding hydrogens is 243 g/mol. The summed E-state index contributed by atoms with van der Waals surface area (Å²) < 4.78 is 13.6. The van der Waals surface area contributed by atoms with Crippen LogP contribution in [0.3, 0.4) is 0 Å². The Hall–Kier alpha value is -1.94. The van der Waals surface area contributed by atoms with Gasteiger partial charge in [0.15, 0.2) is 0 Å². The number of nitrogens with zero attached hydrogens (tertiary/aromatic N) is 2. The van der Waals surface area contributed by atoms with Gasteiger partial charge in [0, 0.05) is 24.8 Å². The number of aromatic nitrogens is 1. The summed E-state index contributed by atoms with van der Waals surface area (Å²) >= 11 is 0. The second-order valence-corrected chi connectivity index (χ2v) is 4.52. The zero-order valence-corrected chi connectivity index (χ0v) is 11.1. The van der Waals surface area contributed by atoms with Gasteiger partial charge in [0.25, 0.3) is 0 Å². The summed E-state index contributed by atoms with van der Waals surface area (Å²) in [4.78, 5) is 6.29.